The average Bonchev–Trinajstić information content (AvgIpc) is 2.71. The highest BCUT2D eigenvalue weighted by molar-refractivity contribution is 7.80. The van der Waals surface area contributed by atoms with E-state index in [-0.39, 0.29) is 27.2 Å². The molecule has 0 aliphatic heterocycles. The molecule has 0 bridgehead atoms. The van der Waals surface area contributed by atoms with Crippen molar-refractivity contribution in [2.24, 2.45) is 0 Å². The van der Waals surface area contributed by atoms with Crippen molar-refractivity contribution in [3.8, 4) is 0 Å². The highest BCUT2D eigenvalue weighted by Crippen LogP contribution is 2.43. The van der Waals surface area contributed by atoms with Crippen molar-refractivity contribution < 1.29 is 43.9 Å². The van der Waals surface area contributed by atoms with Gasteiger partial charge in [-0.15, -0.1) is 0 Å². The summed E-state index contributed by atoms with van der Waals surface area (Å²) in [6.07, 6.45) is -15.1. The summed E-state index contributed by atoms with van der Waals surface area (Å²) in [4.78, 5) is -0.520. The molecule has 0 spiro atoms. The summed E-state index contributed by atoms with van der Waals surface area (Å²) >= 11 is 21.9. The summed E-state index contributed by atoms with van der Waals surface area (Å²) in [6, 6.07) is 2.96. The van der Waals surface area contributed by atoms with Gasteiger partial charge in [-0.2, -0.15) is 39.5 Å². The molecule has 0 fully saturated rings. The van der Waals surface area contributed by atoms with Crippen LogP contribution in [-0.4, -0.2) is 35.8 Å². The lowest BCUT2D eigenvalue weighted by Crippen LogP contribution is -2.36. The molecule has 0 radical (unpaired) electrons. The second-order valence-corrected chi connectivity index (χ2v) is 8.95. The Bertz CT molecular complexity index is 1150. The lowest BCUT2D eigenvalue weighted by Gasteiger charge is -2.24. The Morgan fingerprint density at radius 2 is 1.47 bits per heavy atom. The second-order valence-electron chi connectivity index (χ2n) is 7.37. The van der Waals surface area contributed by atoms with Crippen molar-refractivity contribution in [1.29, 1.82) is 0 Å². The SMILES string of the molecule is CN(CC(F)(F)F)C(=S)c1ccc(C(F)=CC(c2cc(Cl)c(Cl)c(Cl)c2)C(F)(F)F)cc1C(F)(F)F. The normalized spacial score (nSPS) is 14.1. The second kappa shape index (κ2) is 10.9. The van der Waals surface area contributed by atoms with Gasteiger partial charge in [0.2, 0.25) is 0 Å². The van der Waals surface area contributed by atoms with Gasteiger partial charge >= 0.3 is 18.5 Å². The van der Waals surface area contributed by atoms with Crippen LogP contribution in [0.5, 0.6) is 0 Å². The third kappa shape index (κ3) is 7.62. The first-order valence-electron chi connectivity index (χ1n) is 9.34. The summed E-state index contributed by atoms with van der Waals surface area (Å²) in [6.45, 7) is -1.67. The van der Waals surface area contributed by atoms with E-state index < -0.39 is 64.1 Å². The first-order chi connectivity index (χ1) is 16.2. The summed E-state index contributed by atoms with van der Waals surface area (Å²) < 4.78 is 135. The van der Waals surface area contributed by atoms with Crippen LogP contribution < -0.4 is 0 Å². The van der Waals surface area contributed by atoms with E-state index in [1.165, 1.54) is 0 Å². The predicted molar refractivity (Wildman–Crippen MR) is 121 cm³/mol. The molecule has 0 amide bonds. The summed E-state index contributed by atoms with van der Waals surface area (Å²) in [5.41, 5.74) is -4.08. The fourth-order valence-corrected chi connectivity index (χ4v) is 3.89. The maximum atomic E-state index is 14.9. The maximum Gasteiger partial charge on any atom is 0.417 e. The van der Waals surface area contributed by atoms with Crippen molar-refractivity contribution in [1.82, 2.24) is 4.90 Å². The zero-order valence-electron chi connectivity index (χ0n) is 17.5. The molecule has 2 rings (SSSR count). The fraction of sp³-hybridized carbons (Fsp3) is 0.286. The van der Waals surface area contributed by atoms with E-state index in [9.17, 15) is 43.9 Å². The van der Waals surface area contributed by atoms with Crippen LogP contribution >= 0.6 is 47.0 Å². The molecule has 0 saturated heterocycles. The number of alkyl halides is 9. The minimum Gasteiger partial charge on any atom is -0.356 e. The molecule has 2 aromatic carbocycles. The van der Waals surface area contributed by atoms with Crippen LogP contribution in [0, 0.1) is 0 Å². The van der Waals surface area contributed by atoms with Crippen LogP contribution in [0.1, 0.15) is 28.2 Å². The molecule has 0 aliphatic rings. The summed E-state index contributed by atoms with van der Waals surface area (Å²) in [5, 5.41) is -1.01. The third-order valence-corrected chi connectivity index (χ3v) is 6.35. The van der Waals surface area contributed by atoms with Gasteiger partial charge in [-0.05, 0) is 29.8 Å². The first kappa shape index (κ1) is 30.5. The Kier molecular flexibility index (Phi) is 9.24. The molecule has 0 aromatic heterocycles. The summed E-state index contributed by atoms with van der Waals surface area (Å²) in [7, 11) is 0.806. The first-order valence-corrected chi connectivity index (χ1v) is 10.9. The topological polar surface area (TPSA) is 3.24 Å². The molecule has 2 aromatic rings. The van der Waals surface area contributed by atoms with Crippen LogP contribution in [0.25, 0.3) is 5.83 Å². The minimum atomic E-state index is -5.23. The zero-order chi connectivity index (χ0) is 27.8. The minimum absolute atomic E-state index is 0.0131. The highest BCUT2D eigenvalue weighted by Gasteiger charge is 2.41. The summed E-state index contributed by atoms with van der Waals surface area (Å²) in [5.74, 6) is -4.39. The fourth-order valence-electron chi connectivity index (χ4n) is 3.04. The molecule has 0 heterocycles. The third-order valence-electron chi connectivity index (χ3n) is 4.63. The van der Waals surface area contributed by atoms with Gasteiger partial charge in [0, 0.05) is 18.2 Å². The number of benzene rings is 2. The lowest BCUT2D eigenvalue weighted by atomic mass is 9.95. The van der Waals surface area contributed by atoms with Crippen LogP contribution in [0.3, 0.4) is 0 Å². The van der Waals surface area contributed by atoms with Gasteiger partial charge in [-0.1, -0.05) is 59.2 Å². The van der Waals surface area contributed by atoms with Crippen LogP contribution in [0.15, 0.2) is 36.4 Å². The number of nitrogens with zero attached hydrogens (tertiary/aromatic N) is 1. The monoisotopic (exact) mass is 605 g/mol. The highest BCUT2D eigenvalue weighted by atomic mass is 35.5. The molecule has 1 atom stereocenters. The van der Waals surface area contributed by atoms with Crippen LogP contribution in [0.2, 0.25) is 15.1 Å². The quantitative estimate of drug-likeness (QED) is 0.190. The van der Waals surface area contributed by atoms with Gasteiger partial charge < -0.3 is 4.90 Å². The van der Waals surface area contributed by atoms with Crippen molar-refractivity contribution in [3.63, 3.8) is 0 Å². The Labute approximate surface area is 218 Å². The molecule has 0 N–H and O–H groups in total. The van der Waals surface area contributed by atoms with E-state index in [1.54, 1.807) is 0 Å². The number of halogens is 13. The van der Waals surface area contributed by atoms with Gasteiger partial charge in [-0.3, -0.25) is 0 Å². The average molecular weight is 607 g/mol. The Balaban J connectivity index is 2.59. The van der Waals surface area contributed by atoms with E-state index in [2.05, 4.69) is 0 Å². The number of rotatable bonds is 5. The number of thiocarbonyl (C=S) groups is 1. The molecule has 198 valence electrons. The molecule has 15 heteroatoms. The van der Waals surface area contributed by atoms with E-state index in [0.717, 1.165) is 19.2 Å². The van der Waals surface area contributed by atoms with Gasteiger partial charge in [0.05, 0.1) is 20.6 Å². The Hall–Kier alpha value is -1.76. The number of hydrogen-bond acceptors (Lipinski definition) is 1. The van der Waals surface area contributed by atoms with Crippen LogP contribution in [-0.2, 0) is 6.18 Å². The lowest BCUT2D eigenvalue weighted by molar-refractivity contribution is -0.140. The number of hydrogen-bond donors (Lipinski definition) is 0. The van der Waals surface area contributed by atoms with Gasteiger partial charge in [0.25, 0.3) is 0 Å². The molecule has 1 unspecified atom stereocenters. The Morgan fingerprint density at radius 3 is 1.92 bits per heavy atom. The van der Waals surface area contributed by atoms with Gasteiger partial charge in [-0.25, -0.2) is 4.39 Å². The van der Waals surface area contributed by atoms with E-state index in [1.807, 2.05) is 0 Å². The standard InChI is InChI=1S/C21H12Cl3F10NS/c1-35(8-19(26,27)28)18(36)11-3-2-9(4-13(11)21(32,33)34)16(25)7-12(20(29,30)31)10-5-14(22)17(24)15(23)6-10/h2-7,12H,8H2,1H3. The van der Waals surface area contributed by atoms with Crippen molar-refractivity contribution in [2.75, 3.05) is 13.6 Å². The molecule has 0 aliphatic carbocycles. The van der Waals surface area contributed by atoms with Crippen molar-refractivity contribution in [3.05, 3.63) is 73.7 Å². The smallest absolute Gasteiger partial charge is 0.356 e. The van der Waals surface area contributed by atoms with E-state index in [4.69, 9.17) is 47.0 Å². The van der Waals surface area contributed by atoms with E-state index >= 15 is 0 Å². The molecular formula is C21H12Cl3F10NS. The largest absolute Gasteiger partial charge is 0.417 e. The van der Waals surface area contributed by atoms with Crippen molar-refractivity contribution in [2.45, 2.75) is 24.4 Å². The molecular weight excluding hydrogens is 595 g/mol. The predicted octanol–water partition coefficient (Wildman–Crippen LogP) is 9.49. The zero-order valence-corrected chi connectivity index (χ0v) is 20.6. The van der Waals surface area contributed by atoms with Gasteiger partial charge in [0.15, 0.2) is 0 Å². The maximum absolute atomic E-state index is 14.9. The molecule has 0 saturated carbocycles. The van der Waals surface area contributed by atoms with Gasteiger partial charge in [0.1, 0.15) is 23.3 Å². The van der Waals surface area contributed by atoms with E-state index in [0.29, 0.717) is 17.0 Å². The molecule has 1 nitrogen and oxygen atoms in total. The number of allylic oxidation sites excluding steroid dienone is 1. The molecule has 36 heavy (non-hydrogen) atoms. The Morgan fingerprint density at radius 1 is 0.944 bits per heavy atom. The van der Waals surface area contributed by atoms with Crippen molar-refractivity contribution >= 4 is 57.8 Å². The van der Waals surface area contributed by atoms with Crippen LogP contribution in [0.4, 0.5) is 43.9 Å².